The van der Waals surface area contributed by atoms with E-state index < -0.39 is 0 Å². The molecule has 2 aliphatic rings. The summed E-state index contributed by atoms with van der Waals surface area (Å²) in [7, 11) is 0. The van der Waals surface area contributed by atoms with Crippen molar-refractivity contribution >= 4 is 29.7 Å². The monoisotopic (exact) mass is 272 g/mol. The Kier molecular flexibility index (Phi) is 4.07. The molecule has 3 rings (SSSR count). The summed E-state index contributed by atoms with van der Waals surface area (Å²) in [4.78, 5) is 14.2. The fraction of sp³-hybridized carbons (Fsp3) is 0.583. The molecular weight excluding hydrogens is 256 g/mol. The lowest BCUT2D eigenvalue weighted by Gasteiger charge is -2.34. The number of halogens is 1. The maximum atomic E-state index is 12.2. The highest BCUT2D eigenvalue weighted by Gasteiger charge is 2.34. The lowest BCUT2D eigenvalue weighted by molar-refractivity contribution is 0.0662. The number of piperidine rings is 1. The van der Waals surface area contributed by atoms with Crippen LogP contribution in [0.2, 0.25) is 0 Å². The lowest BCUT2D eigenvalue weighted by atomic mass is 9.93. The van der Waals surface area contributed by atoms with E-state index in [1.165, 1.54) is 6.42 Å². The van der Waals surface area contributed by atoms with E-state index in [-0.39, 0.29) is 18.3 Å². The number of rotatable bonds is 1. The van der Waals surface area contributed by atoms with Gasteiger partial charge in [-0.1, -0.05) is 0 Å². The molecule has 2 fully saturated rings. The Hall–Kier alpha value is -0.580. The molecular formula is C12H17ClN2OS. The molecule has 0 aliphatic carbocycles. The number of amides is 1. The van der Waals surface area contributed by atoms with Crippen molar-refractivity contribution in [2.24, 2.45) is 5.92 Å². The number of carbonyl (C=O) groups is 1. The number of fused-ring (bicyclic) bond motifs is 1. The van der Waals surface area contributed by atoms with Gasteiger partial charge < -0.3 is 10.2 Å². The van der Waals surface area contributed by atoms with Crippen molar-refractivity contribution < 1.29 is 4.79 Å². The largest absolute Gasteiger partial charge is 0.338 e. The van der Waals surface area contributed by atoms with E-state index in [0.717, 1.165) is 31.6 Å². The molecule has 5 heteroatoms. The zero-order valence-electron chi connectivity index (χ0n) is 9.59. The Morgan fingerprint density at radius 3 is 3.12 bits per heavy atom. The molecule has 2 saturated heterocycles. The molecule has 1 aromatic heterocycles. The third kappa shape index (κ3) is 2.49. The van der Waals surface area contributed by atoms with Gasteiger partial charge in [0.2, 0.25) is 0 Å². The second kappa shape index (κ2) is 5.38. The highest BCUT2D eigenvalue weighted by atomic mass is 35.5. The fourth-order valence-corrected chi connectivity index (χ4v) is 3.43. The molecule has 0 aromatic carbocycles. The number of hydrogen-bond donors (Lipinski definition) is 1. The van der Waals surface area contributed by atoms with E-state index in [1.54, 1.807) is 11.3 Å². The van der Waals surface area contributed by atoms with Gasteiger partial charge in [-0.25, -0.2) is 0 Å². The summed E-state index contributed by atoms with van der Waals surface area (Å²) < 4.78 is 0. The van der Waals surface area contributed by atoms with Crippen molar-refractivity contribution in [2.75, 3.05) is 19.6 Å². The van der Waals surface area contributed by atoms with Crippen LogP contribution in [0.25, 0.3) is 0 Å². The Morgan fingerprint density at radius 1 is 1.47 bits per heavy atom. The van der Waals surface area contributed by atoms with Crippen LogP contribution >= 0.6 is 23.7 Å². The maximum Gasteiger partial charge on any atom is 0.254 e. The molecule has 94 valence electrons. The van der Waals surface area contributed by atoms with Gasteiger partial charge in [-0.15, -0.1) is 12.4 Å². The summed E-state index contributed by atoms with van der Waals surface area (Å²) in [6.45, 7) is 2.96. The van der Waals surface area contributed by atoms with Crippen molar-refractivity contribution in [1.29, 1.82) is 0 Å². The van der Waals surface area contributed by atoms with Crippen molar-refractivity contribution in [1.82, 2.24) is 10.2 Å². The standard InChI is InChI=1S/C12H16N2OS.ClH/c15-12(10-3-6-16-8-10)14-5-2-11-9(7-14)1-4-13-11;/h3,6,8-9,11,13H,1-2,4-5,7H2;1H. The molecule has 3 nitrogen and oxygen atoms in total. The number of thiophene rings is 1. The topological polar surface area (TPSA) is 32.3 Å². The summed E-state index contributed by atoms with van der Waals surface area (Å²) in [5.41, 5.74) is 0.856. The van der Waals surface area contributed by atoms with Gasteiger partial charge in [0.15, 0.2) is 0 Å². The summed E-state index contributed by atoms with van der Waals surface area (Å²) in [6.07, 6.45) is 2.33. The van der Waals surface area contributed by atoms with E-state index in [2.05, 4.69) is 5.32 Å². The van der Waals surface area contributed by atoms with Crippen LogP contribution in [-0.4, -0.2) is 36.5 Å². The Balaban J connectivity index is 0.00000108. The van der Waals surface area contributed by atoms with Crippen molar-refractivity contribution in [3.05, 3.63) is 22.4 Å². The van der Waals surface area contributed by atoms with Gasteiger partial charge in [0.05, 0.1) is 5.56 Å². The highest BCUT2D eigenvalue weighted by Crippen LogP contribution is 2.25. The van der Waals surface area contributed by atoms with Crippen LogP contribution in [0.4, 0.5) is 0 Å². The maximum absolute atomic E-state index is 12.2. The predicted octanol–water partition coefficient (Wildman–Crippen LogP) is 1.99. The molecule has 0 spiro atoms. The minimum atomic E-state index is 0. The number of likely N-dealkylation sites (tertiary alicyclic amines) is 1. The van der Waals surface area contributed by atoms with Crippen LogP contribution in [0, 0.1) is 5.92 Å². The highest BCUT2D eigenvalue weighted by molar-refractivity contribution is 7.08. The van der Waals surface area contributed by atoms with Crippen LogP contribution in [0.1, 0.15) is 23.2 Å². The van der Waals surface area contributed by atoms with E-state index in [4.69, 9.17) is 0 Å². The normalized spacial score (nSPS) is 27.4. The first kappa shape index (κ1) is 12.9. The van der Waals surface area contributed by atoms with Crippen LogP contribution in [0.3, 0.4) is 0 Å². The molecule has 0 saturated carbocycles. The zero-order valence-corrected chi connectivity index (χ0v) is 11.2. The fourth-order valence-electron chi connectivity index (χ4n) is 2.80. The minimum absolute atomic E-state index is 0. The van der Waals surface area contributed by atoms with Gasteiger partial charge in [0.25, 0.3) is 5.91 Å². The molecule has 2 aliphatic heterocycles. The Labute approximate surface area is 112 Å². The molecule has 1 aromatic rings. The van der Waals surface area contributed by atoms with E-state index in [9.17, 15) is 4.79 Å². The summed E-state index contributed by atoms with van der Waals surface area (Å²) in [5, 5.41) is 7.43. The van der Waals surface area contributed by atoms with Crippen molar-refractivity contribution in [2.45, 2.75) is 18.9 Å². The molecule has 1 amide bonds. The Morgan fingerprint density at radius 2 is 2.35 bits per heavy atom. The van der Waals surface area contributed by atoms with E-state index in [1.807, 2.05) is 21.7 Å². The van der Waals surface area contributed by atoms with Crippen molar-refractivity contribution in [3.63, 3.8) is 0 Å². The first-order chi connectivity index (χ1) is 7.84. The third-order valence-electron chi connectivity index (χ3n) is 3.71. The molecule has 3 heterocycles. The van der Waals surface area contributed by atoms with E-state index in [0.29, 0.717) is 12.0 Å². The van der Waals surface area contributed by atoms with Gasteiger partial charge in [-0.2, -0.15) is 11.3 Å². The van der Waals surface area contributed by atoms with Gasteiger partial charge in [-0.05, 0) is 36.8 Å². The van der Waals surface area contributed by atoms with Crippen LogP contribution in [-0.2, 0) is 0 Å². The number of hydrogen-bond acceptors (Lipinski definition) is 3. The molecule has 1 N–H and O–H groups in total. The van der Waals surface area contributed by atoms with Gasteiger partial charge in [0, 0.05) is 24.5 Å². The summed E-state index contributed by atoms with van der Waals surface area (Å²) in [6, 6.07) is 2.58. The minimum Gasteiger partial charge on any atom is -0.338 e. The molecule has 0 radical (unpaired) electrons. The second-order valence-electron chi connectivity index (χ2n) is 4.66. The SMILES string of the molecule is Cl.O=C(c1ccsc1)N1CCC2NCCC2C1. The molecule has 0 bridgehead atoms. The first-order valence-electron chi connectivity index (χ1n) is 5.89. The van der Waals surface area contributed by atoms with Crippen LogP contribution in [0.5, 0.6) is 0 Å². The Bertz CT molecular complexity index is 382. The second-order valence-corrected chi connectivity index (χ2v) is 5.44. The number of carbonyl (C=O) groups excluding carboxylic acids is 1. The zero-order chi connectivity index (χ0) is 11.0. The molecule has 17 heavy (non-hydrogen) atoms. The smallest absolute Gasteiger partial charge is 0.254 e. The number of nitrogens with zero attached hydrogens (tertiary/aromatic N) is 1. The predicted molar refractivity (Wildman–Crippen MR) is 72.0 cm³/mol. The van der Waals surface area contributed by atoms with Crippen LogP contribution in [0.15, 0.2) is 16.8 Å². The number of nitrogens with one attached hydrogen (secondary N) is 1. The van der Waals surface area contributed by atoms with Crippen molar-refractivity contribution in [3.8, 4) is 0 Å². The molecule has 2 atom stereocenters. The van der Waals surface area contributed by atoms with E-state index >= 15 is 0 Å². The van der Waals surface area contributed by atoms with Gasteiger partial charge >= 0.3 is 0 Å². The lowest BCUT2D eigenvalue weighted by Crippen LogP contribution is -2.46. The quantitative estimate of drug-likeness (QED) is 0.848. The van der Waals surface area contributed by atoms with Gasteiger partial charge in [-0.3, -0.25) is 4.79 Å². The average Bonchev–Trinajstić information content (AvgIpc) is 2.98. The summed E-state index contributed by atoms with van der Waals surface area (Å²) in [5.74, 6) is 0.892. The molecule has 2 unspecified atom stereocenters. The summed E-state index contributed by atoms with van der Waals surface area (Å²) >= 11 is 1.59. The first-order valence-corrected chi connectivity index (χ1v) is 6.84. The third-order valence-corrected chi connectivity index (χ3v) is 4.39. The van der Waals surface area contributed by atoms with Gasteiger partial charge in [0.1, 0.15) is 0 Å². The van der Waals surface area contributed by atoms with Crippen LogP contribution < -0.4 is 5.32 Å². The average molecular weight is 273 g/mol.